The molecule has 0 aliphatic rings. The summed E-state index contributed by atoms with van der Waals surface area (Å²) in [5.41, 5.74) is 2.78. The summed E-state index contributed by atoms with van der Waals surface area (Å²) < 4.78 is 6.87. The zero-order chi connectivity index (χ0) is 29.5. The molecule has 2 heterocycles. The summed E-state index contributed by atoms with van der Waals surface area (Å²) in [4.78, 5) is 33.8. The number of halogens is 1. The standard InChI is InChI=1S/C28H39ClN6O4/c1-10-11-20(30-9)13-23(17(3)29)35-15-22(25(34-35)19(5)36)26(37)31-14-21-16(2)12-24(32-18(21)4)33-27(38)39-28(6,7)8/h10-12,15,17,19,23,36H,1,9,13-14H2,2-8H3,(H,31,37)(H,32,33,38)/b20-11+/t17?,19?,23-/m1/s1. The van der Waals surface area contributed by atoms with Crippen LogP contribution in [0.25, 0.3) is 0 Å². The Morgan fingerprint density at radius 2 is 1.97 bits per heavy atom. The Balaban J connectivity index is 2.26. The third-order valence-electron chi connectivity index (χ3n) is 5.81. The van der Waals surface area contributed by atoms with Gasteiger partial charge in [0.25, 0.3) is 5.91 Å². The van der Waals surface area contributed by atoms with E-state index in [1.54, 1.807) is 63.7 Å². The third kappa shape index (κ3) is 9.04. The van der Waals surface area contributed by atoms with Crippen molar-refractivity contribution in [3.05, 3.63) is 64.8 Å². The number of aryl methyl sites for hydroxylation is 2. The molecule has 2 aromatic rings. The first-order valence-corrected chi connectivity index (χ1v) is 13.0. The minimum atomic E-state index is -0.984. The smallest absolute Gasteiger partial charge is 0.413 e. The zero-order valence-corrected chi connectivity index (χ0v) is 24.5. The van der Waals surface area contributed by atoms with E-state index in [1.807, 2.05) is 13.8 Å². The Morgan fingerprint density at radius 3 is 2.49 bits per heavy atom. The van der Waals surface area contributed by atoms with Crippen molar-refractivity contribution < 1.29 is 19.4 Å². The number of hydrogen-bond acceptors (Lipinski definition) is 7. The van der Waals surface area contributed by atoms with Crippen molar-refractivity contribution in [2.45, 2.75) is 84.6 Å². The summed E-state index contributed by atoms with van der Waals surface area (Å²) in [5, 5.41) is 20.0. The molecule has 0 saturated heterocycles. The van der Waals surface area contributed by atoms with E-state index < -0.39 is 23.7 Å². The van der Waals surface area contributed by atoms with Gasteiger partial charge in [-0.2, -0.15) is 5.10 Å². The third-order valence-corrected chi connectivity index (χ3v) is 6.10. The SMILES string of the molecule is C=C/C=C(\C[C@H](C(C)Cl)n1cc(C(=O)NCc2c(C)cc(NC(=O)OC(C)(C)C)nc2C)c(C(C)O)n1)N=C. The number of carbonyl (C=O) groups excluding carboxylic acids is 2. The van der Waals surface area contributed by atoms with Gasteiger partial charge in [0.1, 0.15) is 17.1 Å². The summed E-state index contributed by atoms with van der Waals surface area (Å²) in [7, 11) is 0. The average molecular weight is 559 g/mol. The lowest BCUT2D eigenvalue weighted by Gasteiger charge is -2.20. The molecule has 0 aliphatic heterocycles. The fourth-order valence-electron chi connectivity index (χ4n) is 3.92. The molecule has 0 fully saturated rings. The Hall–Kier alpha value is -3.50. The number of aliphatic hydroxyl groups excluding tert-OH is 1. The fourth-order valence-corrected chi connectivity index (χ4v) is 4.13. The van der Waals surface area contributed by atoms with E-state index in [0.29, 0.717) is 23.6 Å². The molecule has 10 nitrogen and oxygen atoms in total. The molecule has 0 bridgehead atoms. The highest BCUT2D eigenvalue weighted by Crippen LogP contribution is 2.28. The maximum atomic E-state index is 13.2. The van der Waals surface area contributed by atoms with E-state index in [4.69, 9.17) is 16.3 Å². The van der Waals surface area contributed by atoms with Gasteiger partial charge in [-0.05, 0) is 78.5 Å². The average Bonchev–Trinajstić information content (AvgIpc) is 3.25. The van der Waals surface area contributed by atoms with Crippen molar-refractivity contribution >= 4 is 36.1 Å². The largest absolute Gasteiger partial charge is 0.444 e. The molecule has 0 aromatic carbocycles. The number of nitrogens with zero attached hydrogens (tertiary/aromatic N) is 4. The molecule has 2 unspecified atom stereocenters. The number of aliphatic imine (C=N–C) groups is 1. The number of pyridine rings is 1. The molecule has 0 saturated carbocycles. The monoisotopic (exact) mass is 558 g/mol. The Kier molecular flexibility index (Phi) is 11.0. The van der Waals surface area contributed by atoms with Gasteiger partial charge in [-0.15, -0.1) is 11.6 Å². The van der Waals surface area contributed by atoms with Crippen molar-refractivity contribution in [3.63, 3.8) is 0 Å². The number of allylic oxidation sites excluding steroid dienone is 3. The van der Waals surface area contributed by atoms with E-state index in [0.717, 1.165) is 11.1 Å². The number of alkyl halides is 1. The number of aromatic nitrogens is 3. The molecule has 0 aliphatic carbocycles. The summed E-state index contributed by atoms with van der Waals surface area (Å²) in [5.74, 6) is -0.0521. The first-order chi connectivity index (χ1) is 18.2. The first-order valence-electron chi connectivity index (χ1n) is 12.6. The highest BCUT2D eigenvalue weighted by Gasteiger charge is 2.26. The minimum Gasteiger partial charge on any atom is -0.444 e. The van der Waals surface area contributed by atoms with Crippen molar-refractivity contribution in [3.8, 4) is 0 Å². The van der Waals surface area contributed by atoms with Gasteiger partial charge in [-0.3, -0.25) is 19.8 Å². The lowest BCUT2D eigenvalue weighted by molar-refractivity contribution is 0.0635. The van der Waals surface area contributed by atoms with Crippen LogP contribution in [-0.4, -0.2) is 49.6 Å². The number of aliphatic hydroxyl groups is 1. The summed E-state index contributed by atoms with van der Waals surface area (Å²) in [6.07, 6.45) is 3.76. The van der Waals surface area contributed by atoms with Gasteiger partial charge in [-0.1, -0.05) is 12.7 Å². The van der Waals surface area contributed by atoms with Gasteiger partial charge < -0.3 is 15.2 Å². The lowest BCUT2D eigenvalue weighted by Crippen LogP contribution is -2.28. The Morgan fingerprint density at radius 1 is 1.31 bits per heavy atom. The highest BCUT2D eigenvalue weighted by molar-refractivity contribution is 6.20. The number of carbonyl (C=O) groups is 2. The van der Waals surface area contributed by atoms with E-state index >= 15 is 0 Å². The van der Waals surface area contributed by atoms with Gasteiger partial charge in [0.2, 0.25) is 0 Å². The second kappa shape index (κ2) is 13.5. The minimum absolute atomic E-state index is 0.183. The maximum absolute atomic E-state index is 13.2. The number of ether oxygens (including phenoxy) is 1. The van der Waals surface area contributed by atoms with Gasteiger partial charge >= 0.3 is 6.09 Å². The number of hydrogen-bond donors (Lipinski definition) is 3. The highest BCUT2D eigenvalue weighted by atomic mass is 35.5. The molecule has 0 spiro atoms. The first kappa shape index (κ1) is 31.7. The fraction of sp³-hybridized carbons (Fsp3) is 0.464. The number of anilines is 1. The lowest BCUT2D eigenvalue weighted by atomic mass is 10.1. The van der Waals surface area contributed by atoms with Crippen molar-refractivity contribution in [2.75, 3.05) is 5.32 Å². The molecule has 39 heavy (non-hydrogen) atoms. The van der Waals surface area contributed by atoms with Crippen LogP contribution in [0.5, 0.6) is 0 Å². The molecule has 2 aromatic heterocycles. The number of nitrogens with one attached hydrogen (secondary N) is 2. The van der Waals surface area contributed by atoms with Crippen molar-refractivity contribution in [1.29, 1.82) is 0 Å². The van der Waals surface area contributed by atoms with E-state index in [1.165, 1.54) is 0 Å². The molecular formula is C28H39ClN6O4. The van der Waals surface area contributed by atoms with Gasteiger partial charge in [0, 0.05) is 30.6 Å². The molecule has 3 atom stereocenters. The quantitative estimate of drug-likeness (QED) is 0.188. The van der Waals surface area contributed by atoms with Crippen LogP contribution in [0, 0.1) is 13.8 Å². The molecule has 3 N–H and O–H groups in total. The molecular weight excluding hydrogens is 520 g/mol. The van der Waals surface area contributed by atoms with Crippen LogP contribution in [0.4, 0.5) is 10.6 Å². The number of amides is 2. The zero-order valence-electron chi connectivity index (χ0n) is 23.7. The Labute approximate surface area is 235 Å². The van der Waals surface area contributed by atoms with E-state index in [2.05, 4.69) is 39.0 Å². The van der Waals surface area contributed by atoms with Crippen LogP contribution >= 0.6 is 11.6 Å². The van der Waals surface area contributed by atoms with Crippen LogP contribution in [0.3, 0.4) is 0 Å². The molecule has 2 rings (SSSR count). The predicted molar refractivity (Wildman–Crippen MR) is 154 cm³/mol. The Bertz CT molecular complexity index is 1220. The van der Waals surface area contributed by atoms with Crippen LogP contribution in [0.1, 0.15) is 86.1 Å². The normalized spacial score (nSPS) is 14.2. The molecule has 2 amide bonds. The predicted octanol–water partition coefficient (Wildman–Crippen LogP) is 5.55. The van der Waals surface area contributed by atoms with Gasteiger partial charge in [-0.25, -0.2) is 9.78 Å². The van der Waals surface area contributed by atoms with Crippen molar-refractivity contribution in [1.82, 2.24) is 20.1 Å². The van der Waals surface area contributed by atoms with Gasteiger partial charge in [0.15, 0.2) is 0 Å². The molecule has 212 valence electrons. The summed E-state index contributed by atoms with van der Waals surface area (Å²) in [6.45, 7) is 19.8. The maximum Gasteiger partial charge on any atom is 0.413 e. The summed E-state index contributed by atoms with van der Waals surface area (Å²) in [6, 6.07) is 1.37. The van der Waals surface area contributed by atoms with Crippen LogP contribution in [0.2, 0.25) is 0 Å². The summed E-state index contributed by atoms with van der Waals surface area (Å²) >= 11 is 6.47. The van der Waals surface area contributed by atoms with E-state index in [-0.39, 0.29) is 29.2 Å². The number of rotatable bonds is 11. The molecule has 11 heteroatoms. The topological polar surface area (TPSA) is 131 Å². The van der Waals surface area contributed by atoms with Crippen LogP contribution in [-0.2, 0) is 11.3 Å². The second-order valence-electron chi connectivity index (χ2n) is 10.3. The van der Waals surface area contributed by atoms with Crippen LogP contribution in [0.15, 0.2) is 41.7 Å². The van der Waals surface area contributed by atoms with Crippen molar-refractivity contribution in [2.24, 2.45) is 4.99 Å². The van der Waals surface area contributed by atoms with Gasteiger partial charge in [0.05, 0.1) is 23.1 Å². The second-order valence-corrected chi connectivity index (χ2v) is 11.0. The molecule has 0 radical (unpaired) electrons. The van der Waals surface area contributed by atoms with E-state index in [9.17, 15) is 14.7 Å². The van der Waals surface area contributed by atoms with Crippen LogP contribution < -0.4 is 10.6 Å².